The number of likely N-dealkylation sites (tertiary alicyclic amines) is 1. The highest BCUT2D eigenvalue weighted by molar-refractivity contribution is 7.21. The molecule has 2 fully saturated rings. The summed E-state index contributed by atoms with van der Waals surface area (Å²) in [6.07, 6.45) is 8.02. The van der Waals surface area contributed by atoms with Crippen LogP contribution < -0.4 is 20.3 Å². The summed E-state index contributed by atoms with van der Waals surface area (Å²) in [5.74, 6) is 0.304. The van der Waals surface area contributed by atoms with Crippen LogP contribution in [0.5, 0.6) is 5.75 Å². The number of rotatable bonds is 6. The number of pyridine rings is 1. The molecule has 1 atom stereocenters. The Morgan fingerprint density at radius 1 is 1.22 bits per heavy atom. The number of aromatic nitrogens is 1. The molecule has 4 heterocycles. The molecule has 1 aromatic carbocycles. The van der Waals surface area contributed by atoms with Gasteiger partial charge in [-0.25, -0.2) is 9.78 Å². The van der Waals surface area contributed by atoms with Crippen molar-refractivity contribution in [2.75, 3.05) is 23.3 Å². The molecule has 3 aliphatic rings. The van der Waals surface area contributed by atoms with Gasteiger partial charge in [0.15, 0.2) is 0 Å². The van der Waals surface area contributed by atoms with Crippen LogP contribution in [0.15, 0.2) is 49.2 Å². The third kappa shape index (κ3) is 4.31. The highest BCUT2D eigenvalue weighted by atomic mass is 32.1. The predicted octanol–water partition coefficient (Wildman–Crippen LogP) is 4.82. The van der Waals surface area contributed by atoms with E-state index in [9.17, 15) is 14.4 Å². The number of anilines is 3. The maximum atomic E-state index is 13.4. The van der Waals surface area contributed by atoms with Crippen molar-refractivity contribution in [1.82, 2.24) is 15.2 Å². The van der Waals surface area contributed by atoms with Crippen molar-refractivity contribution in [1.29, 1.82) is 0 Å². The molecule has 37 heavy (non-hydrogen) atoms. The highest BCUT2D eigenvalue weighted by Crippen LogP contribution is 2.46. The number of hydrogen-bond acceptors (Lipinski definition) is 6. The van der Waals surface area contributed by atoms with Crippen molar-refractivity contribution in [3.05, 3.63) is 54.1 Å². The van der Waals surface area contributed by atoms with E-state index in [0.717, 1.165) is 36.8 Å². The van der Waals surface area contributed by atoms with E-state index in [4.69, 9.17) is 4.74 Å². The van der Waals surface area contributed by atoms with Crippen LogP contribution in [-0.4, -0.2) is 53.0 Å². The number of carbonyl (C=O) groups excluding carboxylic acids is 3. The van der Waals surface area contributed by atoms with E-state index in [-0.39, 0.29) is 30.0 Å². The molecule has 2 aliphatic heterocycles. The van der Waals surface area contributed by atoms with Crippen molar-refractivity contribution in [2.24, 2.45) is 0 Å². The first kappa shape index (κ1) is 23.5. The minimum atomic E-state index is -0.353. The van der Waals surface area contributed by atoms with Crippen LogP contribution >= 0.6 is 11.3 Å². The Bertz CT molecular complexity index is 1420. The lowest BCUT2D eigenvalue weighted by Crippen LogP contribution is -2.49. The van der Waals surface area contributed by atoms with Gasteiger partial charge in [0.1, 0.15) is 15.5 Å². The van der Waals surface area contributed by atoms with Crippen molar-refractivity contribution in [3.63, 3.8) is 0 Å². The van der Waals surface area contributed by atoms with Crippen molar-refractivity contribution in [3.8, 4) is 5.75 Å². The lowest BCUT2D eigenvalue weighted by atomic mass is 9.96. The average molecular weight is 518 g/mol. The molecule has 9 nitrogen and oxygen atoms in total. The highest BCUT2D eigenvalue weighted by Gasteiger charge is 2.34. The lowest BCUT2D eigenvalue weighted by Gasteiger charge is -2.32. The maximum Gasteiger partial charge on any atom is 0.331 e. The van der Waals surface area contributed by atoms with Crippen LogP contribution in [0.3, 0.4) is 0 Å². The molecule has 190 valence electrons. The summed E-state index contributed by atoms with van der Waals surface area (Å²) in [6.45, 7) is 4.64. The van der Waals surface area contributed by atoms with E-state index >= 15 is 0 Å². The molecule has 0 bridgehead atoms. The zero-order chi connectivity index (χ0) is 25.5. The summed E-state index contributed by atoms with van der Waals surface area (Å²) < 4.78 is 6.05. The monoisotopic (exact) mass is 517 g/mol. The van der Waals surface area contributed by atoms with Gasteiger partial charge in [-0.05, 0) is 56.4 Å². The molecule has 1 saturated carbocycles. The van der Waals surface area contributed by atoms with Gasteiger partial charge in [-0.15, -0.1) is 11.3 Å². The third-order valence-corrected chi connectivity index (χ3v) is 8.22. The van der Waals surface area contributed by atoms with Crippen molar-refractivity contribution < 1.29 is 19.1 Å². The number of urea groups is 1. The molecule has 2 aromatic heterocycles. The maximum absolute atomic E-state index is 13.4. The van der Waals surface area contributed by atoms with Crippen LogP contribution in [0.25, 0.3) is 10.2 Å². The molecule has 2 N–H and O–H groups in total. The van der Waals surface area contributed by atoms with Crippen LogP contribution in [0.1, 0.15) is 41.8 Å². The number of nitrogens with zero attached hydrogens (tertiary/aromatic N) is 3. The van der Waals surface area contributed by atoms with E-state index in [2.05, 4.69) is 22.2 Å². The topological polar surface area (TPSA) is 104 Å². The van der Waals surface area contributed by atoms with Crippen LogP contribution in [-0.2, 0) is 4.79 Å². The number of nitrogens with one attached hydrogen (secondary N) is 2. The van der Waals surface area contributed by atoms with Gasteiger partial charge in [0.25, 0.3) is 5.91 Å². The van der Waals surface area contributed by atoms with E-state index in [1.165, 1.54) is 23.8 Å². The summed E-state index contributed by atoms with van der Waals surface area (Å²) in [6, 6.07) is 8.77. The van der Waals surface area contributed by atoms with Gasteiger partial charge in [0.2, 0.25) is 5.91 Å². The minimum Gasteiger partial charge on any atom is -0.490 e. The Kier molecular flexibility index (Phi) is 6.03. The molecule has 4 amide bonds. The van der Waals surface area contributed by atoms with Crippen molar-refractivity contribution in [2.45, 2.75) is 44.2 Å². The summed E-state index contributed by atoms with van der Waals surface area (Å²) in [5, 5.41) is 6.72. The van der Waals surface area contributed by atoms with Gasteiger partial charge < -0.3 is 20.3 Å². The Hall–Kier alpha value is -3.92. The second-order valence-corrected chi connectivity index (χ2v) is 10.6. The summed E-state index contributed by atoms with van der Waals surface area (Å²) in [5.41, 5.74) is 1.82. The van der Waals surface area contributed by atoms with Gasteiger partial charge in [-0.1, -0.05) is 12.6 Å². The van der Waals surface area contributed by atoms with Gasteiger partial charge in [-0.2, -0.15) is 0 Å². The Balaban J connectivity index is 1.29. The van der Waals surface area contributed by atoms with Crippen LogP contribution in [0, 0.1) is 0 Å². The third-order valence-electron chi connectivity index (χ3n) is 7.13. The standard InChI is InChI=1S/C27H27N5O4S/c1-2-21(33)31-13-5-6-16(15-31)29-25(34)24-23-22-20(11-12-28-26(22)37-24)32(27(35)30-23)17-7-3-10-19(14-17)36-18-8-4-9-18/h2-3,7,10-12,14,16,18H,1,4-6,8-9,13,15H2,(H,29,34)(H,30,35)/t16-/m1/s1. The zero-order valence-electron chi connectivity index (χ0n) is 20.2. The lowest BCUT2D eigenvalue weighted by molar-refractivity contribution is -0.127. The van der Waals surface area contributed by atoms with Crippen molar-refractivity contribution >= 4 is 56.5 Å². The fourth-order valence-corrected chi connectivity index (χ4v) is 6.08. The van der Waals surface area contributed by atoms with Crippen LogP contribution in [0.4, 0.5) is 21.9 Å². The van der Waals surface area contributed by atoms with E-state index in [1.807, 2.05) is 24.3 Å². The number of piperidine rings is 1. The Morgan fingerprint density at radius 2 is 2.08 bits per heavy atom. The molecular weight excluding hydrogens is 490 g/mol. The molecular formula is C27H27N5O4S. The smallest absolute Gasteiger partial charge is 0.331 e. The SMILES string of the molecule is C=CC(=O)N1CCC[C@@H](NC(=O)c2sc3nccc4c3c2NC(=O)N4c2cccc(OC3CCC3)c2)C1. The van der Waals surface area contributed by atoms with E-state index in [0.29, 0.717) is 39.9 Å². The number of benzene rings is 1. The Morgan fingerprint density at radius 3 is 2.86 bits per heavy atom. The van der Waals surface area contributed by atoms with E-state index in [1.54, 1.807) is 22.1 Å². The zero-order valence-corrected chi connectivity index (χ0v) is 21.1. The molecule has 10 heteroatoms. The largest absolute Gasteiger partial charge is 0.490 e. The number of ether oxygens (including phenoxy) is 1. The first-order valence-corrected chi connectivity index (χ1v) is 13.3. The molecule has 1 aliphatic carbocycles. The molecule has 3 aromatic rings. The molecule has 0 radical (unpaired) electrons. The fraction of sp³-hybridized carbons (Fsp3) is 0.333. The van der Waals surface area contributed by atoms with Gasteiger partial charge in [0.05, 0.1) is 28.6 Å². The summed E-state index contributed by atoms with van der Waals surface area (Å²) in [7, 11) is 0. The molecule has 0 spiro atoms. The average Bonchev–Trinajstić information content (AvgIpc) is 3.26. The summed E-state index contributed by atoms with van der Waals surface area (Å²) in [4.78, 5) is 47.6. The van der Waals surface area contributed by atoms with Gasteiger partial charge >= 0.3 is 6.03 Å². The number of amides is 4. The molecule has 6 rings (SSSR count). The molecule has 1 saturated heterocycles. The number of thiophene rings is 1. The second kappa shape index (κ2) is 9.51. The summed E-state index contributed by atoms with van der Waals surface area (Å²) >= 11 is 1.25. The molecule has 0 unspecified atom stereocenters. The number of carbonyl (C=O) groups is 3. The normalized spacial score (nSPS) is 19.2. The first-order chi connectivity index (χ1) is 18.0. The van der Waals surface area contributed by atoms with Gasteiger partial charge in [0, 0.05) is 31.4 Å². The first-order valence-electron chi connectivity index (χ1n) is 12.5. The number of hydrogen-bond donors (Lipinski definition) is 2. The Labute approximate surface area is 218 Å². The predicted molar refractivity (Wildman–Crippen MR) is 143 cm³/mol. The minimum absolute atomic E-state index is 0.140. The fourth-order valence-electron chi connectivity index (χ4n) is 5.05. The quantitative estimate of drug-likeness (QED) is 0.457. The van der Waals surface area contributed by atoms with Gasteiger partial charge in [-0.3, -0.25) is 14.5 Å². The van der Waals surface area contributed by atoms with E-state index < -0.39 is 0 Å². The second-order valence-electron chi connectivity index (χ2n) is 9.55. The van der Waals surface area contributed by atoms with Crippen LogP contribution in [0.2, 0.25) is 0 Å².